The molecule has 2 aromatic rings. The van der Waals surface area contributed by atoms with Crippen LogP contribution in [0.5, 0.6) is 0 Å². The van der Waals surface area contributed by atoms with Gasteiger partial charge in [-0.15, -0.1) is 0 Å². The molecule has 0 aliphatic heterocycles. The molecule has 0 saturated heterocycles. The molecule has 0 spiro atoms. The van der Waals surface area contributed by atoms with Crippen LogP contribution in [-0.4, -0.2) is 11.2 Å². The Morgan fingerprint density at radius 3 is 2.52 bits per heavy atom. The van der Waals surface area contributed by atoms with Gasteiger partial charge < -0.3 is 0 Å². The van der Waals surface area contributed by atoms with Crippen LogP contribution in [0.25, 0.3) is 5.57 Å². The van der Waals surface area contributed by atoms with Crippen molar-refractivity contribution in [1.29, 1.82) is 0 Å². The smallest absolute Gasteiger partial charge is 0.269 e. The van der Waals surface area contributed by atoms with Crippen LogP contribution in [0, 0.1) is 10.1 Å². The van der Waals surface area contributed by atoms with Crippen molar-refractivity contribution >= 4 is 17.5 Å². The molecule has 21 heavy (non-hydrogen) atoms. The molecule has 1 aliphatic rings. The molecule has 0 aromatic heterocycles. The number of allylic oxidation sites excluding steroid dienone is 2. The minimum atomic E-state index is -0.412. The summed E-state index contributed by atoms with van der Waals surface area (Å²) >= 11 is 0. The van der Waals surface area contributed by atoms with Gasteiger partial charge >= 0.3 is 0 Å². The summed E-state index contributed by atoms with van der Waals surface area (Å²) in [5, 5.41) is 10.8. The van der Waals surface area contributed by atoms with Crippen LogP contribution in [0.3, 0.4) is 0 Å². The highest BCUT2D eigenvalue weighted by atomic mass is 16.6. The number of nitro groups is 1. The lowest BCUT2D eigenvalue weighted by atomic mass is 9.71. The molecule has 0 heterocycles. The first-order valence-corrected chi connectivity index (χ1v) is 6.68. The van der Waals surface area contributed by atoms with Gasteiger partial charge in [0, 0.05) is 23.6 Å². The van der Waals surface area contributed by atoms with Gasteiger partial charge in [0.15, 0.2) is 0 Å². The van der Waals surface area contributed by atoms with E-state index in [9.17, 15) is 14.9 Å². The molecule has 0 saturated carbocycles. The van der Waals surface area contributed by atoms with Gasteiger partial charge in [0.05, 0.1) is 4.92 Å². The maximum atomic E-state index is 11.4. The standard InChI is InChI=1S/C17H13NO3/c19-11-17-15(12-5-2-1-3-6-12)10-16(17)13-7-4-8-14(9-13)18(20)21/h1-9,11,16H,10H2. The lowest BCUT2D eigenvalue weighted by molar-refractivity contribution is -0.384. The van der Waals surface area contributed by atoms with Gasteiger partial charge in [0.25, 0.3) is 5.69 Å². The number of hydrogen-bond donors (Lipinski definition) is 0. The van der Waals surface area contributed by atoms with E-state index >= 15 is 0 Å². The Labute approximate surface area is 121 Å². The molecule has 3 rings (SSSR count). The fraction of sp³-hybridized carbons (Fsp3) is 0.118. The maximum Gasteiger partial charge on any atom is 0.269 e. The van der Waals surface area contributed by atoms with Crippen LogP contribution in [0.4, 0.5) is 5.69 Å². The van der Waals surface area contributed by atoms with Gasteiger partial charge in [-0.2, -0.15) is 0 Å². The topological polar surface area (TPSA) is 60.2 Å². The highest BCUT2D eigenvalue weighted by molar-refractivity contribution is 5.95. The SMILES string of the molecule is O=CC1=C(c2ccccc2)CC1c1cccc([N+](=O)[O-])c1. The van der Waals surface area contributed by atoms with Crippen LogP contribution in [-0.2, 0) is 4.79 Å². The number of non-ortho nitro benzene ring substituents is 1. The van der Waals surface area contributed by atoms with Gasteiger partial charge in [0.2, 0.25) is 0 Å². The van der Waals surface area contributed by atoms with E-state index in [1.807, 2.05) is 36.4 Å². The van der Waals surface area contributed by atoms with E-state index in [1.165, 1.54) is 6.07 Å². The minimum Gasteiger partial charge on any atom is -0.298 e. The van der Waals surface area contributed by atoms with Crippen LogP contribution < -0.4 is 0 Å². The summed E-state index contributed by atoms with van der Waals surface area (Å²) in [6.45, 7) is 0. The fourth-order valence-corrected chi connectivity index (χ4v) is 2.74. The summed E-state index contributed by atoms with van der Waals surface area (Å²) in [4.78, 5) is 21.8. The number of nitrogens with zero attached hydrogens (tertiary/aromatic N) is 1. The Kier molecular flexibility index (Phi) is 3.36. The highest BCUT2D eigenvalue weighted by Gasteiger charge is 2.31. The monoisotopic (exact) mass is 279 g/mol. The van der Waals surface area contributed by atoms with Gasteiger partial charge in [-0.3, -0.25) is 14.9 Å². The number of hydrogen-bond acceptors (Lipinski definition) is 3. The first-order chi connectivity index (χ1) is 10.2. The van der Waals surface area contributed by atoms with Gasteiger partial charge in [-0.1, -0.05) is 42.5 Å². The zero-order valence-corrected chi connectivity index (χ0v) is 11.2. The van der Waals surface area contributed by atoms with Crippen molar-refractivity contribution in [3.8, 4) is 0 Å². The van der Waals surface area contributed by atoms with Crippen molar-refractivity contribution in [1.82, 2.24) is 0 Å². The first kappa shape index (κ1) is 13.2. The third kappa shape index (κ3) is 2.36. The van der Waals surface area contributed by atoms with E-state index in [-0.39, 0.29) is 11.6 Å². The number of nitro benzene ring substituents is 1. The minimum absolute atomic E-state index is 0.0439. The van der Waals surface area contributed by atoms with Crippen molar-refractivity contribution in [3.05, 3.63) is 81.4 Å². The van der Waals surface area contributed by atoms with Gasteiger partial charge in [-0.25, -0.2) is 0 Å². The normalized spacial score (nSPS) is 17.2. The quantitative estimate of drug-likeness (QED) is 0.486. The average Bonchev–Trinajstić information content (AvgIpc) is 2.48. The third-order valence-electron chi connectivity index (χ3n) is 3.86. The second kappa shape index (κ2) is 5.32. The summed E-state index contributed by atoms with van der Waals surface area (Å²) < 4.78 is 0. The molecule has 0 N–H and O–H groups in total. The highest BCUT2D eigenvalue weighted by Crippen LogP contribution is 2.46. The van der Waals surface area contributed by atoms with Gasteiger partial charge in [0.1, 0.15) is 6.29 Å². The molecule has 0 fully saturated rings. The molecular formula is C17H13NO3. The van der Waals surface area contributed by atoms with E-state index in [1.54, 1.807) is 12.1 Å². The number of benzene rings is 2. The van der Waals surface area contributed by atoms with E-state index in [4.69, 9.17) is 0 Å². The number of carbonyl (C=O) groups is 1. The van der Waals surface area contributed by atoms with Crippen molar-refractivity contribution in [3.63, 3.8) is 0 Å². The van der Waals surface area contributed by atoms with E-state index in [2.05, 4.69) is 0 Å². The molecule has 4 nitrogen and oxygen atoms in total. The Morgan fingerprint density at radius 2 is 1.86 bits per heavy atom. The van der Waals surface area contributed by atoms with Crippen LogP contribution in [0.2, 0.25) is 0 Å². The zero-order valence-electron chi connectivity index (χ0n) is 11.2. The second-order valence-corrected chi connectivity index (χ2v) is 5.03. The van der Waals surface area contributed by atoms with Crippen molar-refractivity contribution < 1.29 is 9.72 Å². The van der Waals surface area contributed by atoms with Crippen LogP contribution in [0.15, 0.2) is 60.2 Å². The van der Waals surface area contributed by atoms with E-state index < -0.39 is 4.92 Å². The fourth-order valence-electron chi connectivity index (χ4n) is 2.74. The molecule has 4 heteroatoms. The lowest BCUT2D eigenvalue weighted by Crippen LogP contribution is -2.17. The number of aldehydes is 1. The Balaban J connectivity index is 1.96. The third-order valence-corrected chi connectivity index (χ3v) is 3.86. The summed E-state index contributed by atoms with van der Waals surface area (Å²) in [6, 6.07) is 16.3. The van der Waals surface area contributed by atoms with Gasteiger partial charge in [-0.05, 0) is 23.1 Å². The first-order valence-electron chi connectivity index (χ1n) is 6.68. The van der Waals surface area contributed by atoms with Crippen molar-refractivity contribution in [2.75, 3.05) is 0 Å². The maximum absolute atomic E-state index is 11.4. The summed E-state index contributed by atoms with van der Waals surface area (Å²) in [5.41, 5.74) is 3.68. The molecule has 0 amide bonds. The Bertz CT molecular complexity index is 735. The molecular weight excluding hydrogens is 266 g/mol. The average molecular weight is 279 g/mol. The van der Waals surface area contributed by atoms with Crippen molar-refractivity contribution in [2.45, 2.75) is 12.3 Å². The largest absolute Gasteiger partial charge is 0.298 e. The summed E-state index contributed by atoms with van der Waals surface area (Å²) in [5.74, 6) is -0.0439. The summed E-state index contributed by atoms with van der Waals surface area (Å²) in [6.07, 6.45) is 1.61. The molecule has 0 bridgehead atoms. The van der Waals surface area contributed by atoms with Crippen LogP contribution in [0.1, 0.15) is 23.5 Å². The molecule has 0 radical (unpaired) electrons. The number of rotatable bonds is 4. The van der Waals surface area contributed by atoms with E-state index in [0.717, 1.165) is 35.0 Å². The molecule has 1 aliphatic carbocycles. The zero-order chi connectivity index (χ0) is 14.8. The lowest BCUT2D eigenvalue weighted by Gasteiger charge is -2.31. The van der Waals surface area contributed by atoms with Crippen molar-refractivity contribution in [2.24, 2.45) is 0 Å². The number of carbonyl (C=O) groups excluding carboxylic acids is 1. The predicted octanol–water partition coefficient (Wildman–Crippen LogP) is 3.73. The molecule has 1 atom stereocenters. The summed E-state index contributed by atoms with van der Waals surface area (Å²) in [7, 11) is 0. The van der Waals surface area contributed by atoms with Crippen LogP contribution >= 0.6 is 0 Å². The molecule has 2 aromatic carbocycles. The molecule has 104 valence electrons. The van der Waals surface area contributed by atoms with E-state index in [0.29, 0.717) is 0 Å². The molecule has 1 unspecified atom stereocenters. The Morgan fingerprint density at radius 1 is 1.10 bits per heavy atom. The predicted molar refractivity (Wildman–Crippen MR) is 79.9 cm³/mol. The Hall–Kier alpha value is -2.75. The second-order valence-electron chi connectivity index (χ2n) is 5.03.